The van der Waals surface area contributed by atoms with Gasteiger partial charge in [-0.15, -0.1) is 0 Å². The highest BCUT2D eigenvalue weighted by atomic mass is 16.5. The molecule has 1 aromatic heterocycles. The number of nitrogens with one attached hydrogen (secondary N) is 1. The van der Waals surface area contributed by atoms with Gasteiger partial charge in [0.1, 0.15) is 0 Å². The summed E-state index contributed by atoms with van der Waals surface area (Å²) >= 11 is 0. The third kappa shape index (κ3) is 2.21. The average molecular weight is 263 g/mol. The number of hydrogen-bond donors (Lipinski definition) is 1. The van der Waals surface area contributed by atoms with Gasteiger partial charge in [-0.3, -0.25) is 4.68 Å². The smallest absolute Gasteiger partial charge is 0.0684 e. The van der Waals surface area contributed by atoms with Crippen LogP contribution >= 0.6 is 0 Å². The Morgan fingerprint density at radius 2 is 2.37 bits per heavy atom. The number of ether oxygens (including phenoxy) is 1. The molecule has 1 saturated heterocycles. The van der Waals surface area contributed by atoms with Gasteiger partial charge in [0, 0.05) is 55.9 Å². The van der Waals surface area contributed by atoms with Gasteiger partial charge in [-0.2, -0.15) is 5.10 Å². The van der Waals surface area contributed by atoms with Gasteiger partial charge in [-0.1, -0.05) is 13.8 Å². The van der Waals surface area contributed by atoms with Gasteiger partial charge in [0.05, 0.1) is 6.10 Å². The van der Waals surface area contributed by atoms with Crippen molar-refractivity contribution in [3.8, 4) is 0 Å². The van der Waals surface area contributed by atoms with Crippen LogP contribution in [0.3, 0.4) is 0 Å². The van der Waals surface area contributed by atoms with E-state index >= 15 is 0 Å². The molecule has 4 nitrogen and oxygen atoms in total. The Morgan fingerprint density at radius 3 is 3.11 bits per heavy atom. The van der Waals surface area contributed by atoms with Crippen LogP contribution in [0.25, 0.3) is 0 Å². The van der Waals surface area contributed by atoms with Gasteiger partial charge in [0.25, 0.3) is 0 Å². The van der Waals surface area contributed by atoms with Crippen LogP contribution in [0.5, 0.6) is 0 Å². The zero-order chi connectivity index (χ0) is 13.5. The summed E-state index contributed by atoms with van der Waals surface area (Å²) in [6.45, 7) is 6.64. The summed E-state index contributed by atoms with van der Waals surface area (Å²) in [5, 5.41) is 7.96. The molecule has 0 amide bonds. The third-order valence-corrected chi connectivity index (χ3v) is 5.00. The predicted octanol–water partition coefficient (Wildman–Crippen LogP) is 1.76. The second kappa shape index (κ2) is 4.91. The molecule has 0 bridgehead atoms. The van der Waals surface area contributed by atoms with E-state index in [1.165, 1.54) is 18.5 Å². The molecule has 0 spiro atoms. The van der Waals surface area contributed by atoms with E-state index in [-0.39, 0.29) is 5.41 Å². The first-order valence-electron chi connectivity index (χ1n) is 7.42. The molecule has 0 aromatic carbocycles. The molecule has 19 heavy (non-hydrogen) atoms. The van der Waals surface area contributed by atoms with E-state index in [1.54, 1.807) is 0 Å². The lowest BCUT2D eigenvalue weighted by molar-refractivity contribution is -0.192. The molecular weight excluding hydrogens is 238 g/mol. The van der Waals surface area contributed by atoms with Crippen molar-refractivity contribution in [1.82, 2.24) is 15.1 Å². The van der Waals surface area contributed by atoms with Crippen LogP contribution in [0, 0.1) is 11.3 Å². The lowest BCUT2D eigenvalue weighted by atomic mass is 9.55. The summed E-state index contributed by atoms with van der Waals surface area (Å²) in [6.07, 6.45) is 5.92. The van der Waals surface area contributed by atoms with Gasteiger partial charge in [0.15, 0.2) is 0 Å². The van der Waals surface area contributed by atoms with E-state index in [0.717, 1.165) is 25.5 Å². The van der Waals surface area contributed by atoms with E-state index in [9.17, 15) is 0 Å². The van der Waals surface area contributed by atoms with Crippen molar-refractivity contribution in [3.05, 3.63) is 18.0 Å². The van der Waals surface area contributed by atoms with Crippen molar-refractivity contribution in [2.75, 3.05) is 13.2 Å². The van der Waals surface area contributed by atoms with Crippen molar-refractivity contribution >= 4 is 0 Å². The SMILES string of the molecule is Cn1nccc1CCNC1C2CCCOC2C1(C)C. The molecule has 1 aliphatic heterocycles. The largest absolute Gasteiger partial charge is 0.377 e. The normalized spacial score (nSPS) is 32.7. The molecule has 1 N–H and O–H groups in total. The third-order valence-electron chi connectivity index (χ3n) is 5.00. The van der Waals surface area contributed by atoms with E-state index in [0.29, 0.717) is 12.1 Å². The first-order valence-corrected chi connectivity index (χ1v) is 7.42. The van der Waals surface area contributed by atoms with Gasteiger partial charge in [0.2, 0.25) is 0 Å². The highest BCUT2D eigenvalue weighted by molar-refractivity contribution is 5.10. The minimum absolute atomic E-state index is 0.275. The summed E-state index contributed by atoms with van der Waals surface area (Å²) < 4.78 is 7.90. The maximum absolute atomic E-state index is 5.94. The molecule has 1 aliphatic carbocycles. The summed E-state index contributed by atoms with van der Waals surface area (Å²) in [5.74, 6) is 0.718. The number of fused-ring (bicyclic) bond motifs is 1. The number of aryl methyl sites for hydroxylation is 1. The molecule has 0 radical (unpaired) electrons. The van der Waals surface area contributed by atoms with E-state index in [4.69, 9.17) is 4.74 Å². The zero-order valence-electron chi connectivity index (χ0n) is 12.2. The average Bonchev–Trinajstić information content (AvgIpc) is 2.80. The Hall–Kier alpha value is -0.870. The van der Waals surface area contributed by atoms with Crippen molar-refractivity contribution in [1.29, 1.82) is 0 Å². The lowest BCUT2D eigenvalue weighted by Gasteiger charge is -2.60. The minimum atomic E-state index is 0.275. The van der Waals surface area contributed by atoms with Crippen LogP contribution in [0.2, 0.25) is 0 Å². The highest BCUT2D eigenvalue weighted by Gasteiger charge is 2.57. The van der Waals surface area contributed by atoms with Crippen LogP contribution in [-0.4, -0.2) is 35.1 Å². The molecule has 1 aromatic rings. The summed E-state index contributed by atoms with van der Waals surface area (Å²) in [7, 11) is 2.01. The topological polar surface area (TPSA) is 39.1 Å². The fourth-order valence-corrected chi connectivity index (χ4v) is 3.94. The number of hydrogen-bond acceptors (Lipinski definition) is 3. The van der Waals surface area contributed by atoms with E-state index < -0.39 is 0 Å². The maximum atomic E-state index is 5.94. The predicted molar refractivity (Wildman–Crippen MR) is 74.9 cm³/mol. The molecular formula is C15H25N3O. The zero-order valence-corrected chi connectivity index (χ0v) is 12.2. The van der Waals surface area contributed by atoms with E-state index in [2.05, 4.69) is 30.3 Å². The van der Waals surface area contributed by atoms with Crippen molar-refractivity contribution in [2.45, 2.75) is 45.3 Å². The van der Waals surface area contributed by atoms with Gasteiger partial charge in [-0.25, -0.2) is 0 Å². The van der Waals surface area contributed by atoms with Crippen molar-refractivity contribution in [2.24, 2.45) is 18.4 Å². The second-order valence-electron chi connectivity index (χ2n) is 6.55. The molecule has 3 unspecified atom stereocenters. The molecule has 4 heteroatoms. The fourth-order valence-electron chi connectivity index (χ4n) is 3.94. The fraction of sp³-hybridized carbons (Fsp3) is 0.800. The summed E-state index contributed by atoms with van der Waals surface area (Å²) in [5.41, 5.74) is 1.57. The highest BCUT2D eigenvalue weighted by Crippen LogP contribution is 2.51. The molecule has 3 rings (SSSR count). The molecule has 3 atom stereocenters. The standard InChI is InChI=1S/C15H25N3O/c1-15(2)13(12-5-4-10-19-14(12)15)16-8-6-11-7-9-17-18(11)3/h7,9,12-14,16H,4-6,8,10H2,1-3H3. The van der Waals surface area contributed by atoms with Gasteiger partial charge < -0.3 is 10.1 Å². The Balaban J connectivity index is 1.54. The van der Waals surface area contributed by atoms with Gasteiger partial charge in [-0.05, 0) is 18.9 Å². The molecule has 1 saturated carbocycles. The first kappa shape index (κ1) is 13.1. The molecule has 2 fully saturated rings. The first-order chi connectivity index (χ1) is 9.10. The molecule has 106 valence electrons. The summed E-state index contributed by atoms with van der Waals surface area (Å²) in [6, 6.07) is 2.70. The number of aromatic nitrogens is 2. The number of rotatable bonds is 4. The van der Waals surface area contributed by atoms with Crippen LogP contribution in [0.4, 0.5) is 0 Å². The second-order valence-corrected chi connectivity index (χ2v) is 6.55. The quantitative estimate of drug-likeness (QED) is 0.899. The minimum Gasteiger partial charge on any atom is -0.377 e. The van der Waals surface area contributed by atoms with Crippen LogP contribution in [-0.2, 0) is 18.2 Å². The van der Waals surface area contributed by atoms with Gasteiger partial charge >= 0.3 is 0 Å². The van der Waals surface area contributed by atoms with Crippen LogP contribution < -0.4 is 5.32 Å². The Morgan fingerprint density at radius 1 is 1.53 bits per heavy atom. The van der Waals surface area contributed by atoms with Crippen molar-refractivity contribution < 1.29 is 4.74 Å². The maximum Gasteiger partial charge on any atom is 0.0684 e. The Kier molecular flexibility index (Phi) is 3.39. The summed E-state index contributed by atoms with van der Waals surface area (Å²) in [4.78, 5) is 0. The lowest BCUT2D eigenvalue weighted by Crippen LogP contribution is -2.69. The Bertz CT molecular complexity index is 440. The van der Waals surface area contributed by atoms with Crippen LogP contribution in [0.15, 0.2) is 12.3 Å². The Labute approximate surface area is 115 Å². The van der Waals surface area contributed by atoms with Crippen molar-refractivity contribution in [3.63, 3.8) is 0 Å². The van der Waals surface area contributed by atoms with Crippen LogP contribution in [0.1, 0.15) is 32.4 Å². The number of nitrogens with zero attached hydrogens (tertiary/aromatic N) is 2. The monoisotopic (exact) mass is 263 g/mol. The molecule has 2 aliphatic rings. The van der Waals surface area contributed by atoms with E-state index in [1.807, 2.05) is 17.9 Å². The molecule has 2 heterocycles.